The fourth-order valence-electron chi connectivity index (χ4n) is 6.63. The Kier molecular flexibility index (Phi) is 10.3. The fraction of sp³-hybridized carbons (Fsp3) is 0.750. The number of likely N-dealkylation sites (tertiary alicyclic amines) is 1. The predicted octanol–water partition coefficient (Wildman–Crippen LogP) is 1.71. The number of hydrogen-bond acceptors (Lipinski definition) is 8. The van der Waals surface area contributed by atoms with Gasteiger partial charge in [0.15, 0.2) is 0 Å². The van der Waals surface area contributed by atoms with E-state index in [-0.39, 0.29) is 36.2 Å². The molecule has 2 unspecified atom stereocenters. The van der Waals surface area contributed by atoms with Gasteiger partial charge in [-0.3, -0.25) is 19.3 Å². The summed E-state index contributed by atoms with van der Waals surface area (Å²) >= 11 is 1.67. The third-order valence-corrected chi connectivity index (χ3v) is 10.4. The number of hydrogen-bond donors (Lipinski definition) is 1. The quantitative estimate of drug-likeness (QED) is 0.187. The van der Waals surface area contributed by atoms with Gasteiger partial charge in [0.1, 0.15) is 12.6 Å². The highest BCUT2D eigenvalue weighted by Crippen LogP contribution is 2.66. The number of ether oxygens (including phenoxy) is 2. The lowest BCUT2D eigenvalue weighted by molar-refractivity contribution is -0.153. The van der Waals surface area contributed by atoms with E-state index in [1.54, 1.807) is 22.7 Å². The lowest BCUT2D eigenvalue weighted by Gasteiger charge is -2.38. The molecule has 1 spiro atoms. The van der Waals surface area contributed by atoms with Crippen molar-refractivity contribution < 1.29 is 29.0 Å². The molecule has 5 atom stereocenters. The molecule has 0 aliphatic carbocycles. The average molecular weight is 550 g/mol. The minimum absolute atomic E-state index is 0.00975. The number of morpholine rings is 1. The molecule has 4 heterocycles. The zero-order valence-electron chi connectivity index (χ0n) is 22.4. The molecule has 38 heavy (non-hydrogen) atoms. The maximum atomic E-state index is 14.3. The van der Waals surface area contributed by atoms with Gasteiger partial charge >= 0.3 is 5.97 Å². The van der Waals surface area contributed by atoms with Crippen LogP contribution >= 0.6 is 11.8 Å². The van der Waals surface area contributed by atoms with E-state index in [1.807, 2.05) is 4.90 Å². The Balaban J connectivity index is 1.57. The lowest BCUT2D eigenvalue weighted by atomic mass is 9.71. The molecule has 1 N–H and O–H groups in total. The molecule has 4 rings (SSSR count). The number of fused-ring (bicyclic) bond motifs is 1. The molecular formula is C28H43N3O6S. The molecule has 0 radical (unpaired) electrons. The van der Waals surface area contributed by atoms with E-state index in [9.17, 15) is 14.4 Å². The highest BCUT2D eigenvalue weighted by Gasteiger charge is 2.74. The maximum absolute atomic E-state index is 14.3. The van der Waals surface area contributed by atoms with Gasteiger partial charge in [0.05, 0.1) is 29.8 Å². The smallest absolute Gasteiger partial charge is 0.311 e. The summed E-state index contributed by atoms with van der Waals surface area (Å²) in [6, 6.07) is -0.602. The van der Waals surface area contributed by atoms with Crippen LogP contribution in [-0.2, 0) is 23.9 Å². The van der Waals surface area contributed by atoms with Gasteiger partial charge in [0.2, 0.25) is 11.8 Å². The number of aliphatic hydroxyl groups excluding tert-OH is 1. The first-order chi connectivity index (χ1) is 18.5. The van der Waals surface area contributed by atoms with E-state index in [2.05, 4.69) is 18.1 Å². The third kappa shape index (κ3) is 5.83. The molecule has 2 bridgehead atoms. The number of aliphatic hydroxyl groups is 1. The summed E-state index contributed by atoms with van der Waals surface area (Å²) in [7, 11) is 0. The van der Waals surface area contributed by atoms with E-state index in [1.165, 1.54) is 6.08 Å². The average Bonchev–Trinajstić information content (AvgIpc) is 3.57. The van der Waals surface area contributed by atoms with Gasteiger partial charge in [0.25, 0.3) is 0 Å². The van der Waals surface area contributed by atoms with Crippen molar-refractivity contribution in [1.29, 1.82) is 0 Å². The second-order valence-corrected chi connectivity index (χ2v) is 12.3. The van der Waals surface area contributed by atoms with Crippen molar-refractivity contribution in [1.82, 2.24) is 14.7 Å². The second-order valence-electron chi connectivity index (χ2n) is 10.7. The van der Waals surface area contributed by atoms with Crippen molar-refractivity contribution in [2.24, 2.45) is 11.8 Å². The van der Waals surface area contributed by atoms with Crippen molar-refractivity contribution in [3.05, 3.63) is 25.3 Å². The lowest BCUT2D eigenvalue weighted by Crippen LogP contribution is -2.56. The molecule has 2 amide bonds. The molecule has 0 aromatic carbocycles. The van der Waals surface area contributed by atoms with E-state index < -0.39 is 22.6 Å². The number of rotatable bonds is 15. The van der Waals surface area contributed by atoms with Crippen LogP contribution in [-0.4, -0.2) is 119 Å². The van der Waals surface area contributed by atoms with E-state index in [0.717, 1.165) is 58.2 Å². The standard InChI is InChI=1S/C28H43N3O6S/c1-3-11-30(14-13-29-15-19-36-20-16-29)26(34)24-28-10-9-21(38-28)22(27(35)37-18-4-2)23(28)25(33)31(24)12-7-5-6-8-17-32/h3-4,21-24,32H,1-2,5-20H2/t21-,22+,23-,24?,28?/m0/s1. The Hall–Kier alpha value is -1.88. The third-order valence-electron chi connectivity index (χ3n) is 8.41. The monoisotopic (exact) mass is 549 g/mol. The zero-order valence-corrected chi connectivity index (χ0v) is 23.2. The minimum Gasteiger partial charge on any atom is -0.461 e. The summed E-state index contributed by atoms with van der Waals surface area (Å²) in [4.78, 5) is 47.4. The van der Waals surface area contributed by atoms with Crippen molar-refractivity contribution >= 4 is 29.5 Å². The van der Waals surface area contributed by atoms with Crippen molar-refractivity contribution in [3.63, 3.8) is 0 Å². The Labute approximate surface area is 230 Å². The first kappa shape index (κ1) is 29.1. The van der Waals surface area contributed by atoms with Crippen molar-refractivity contribution in [2.75, 3.05) is 65.7 Å². The largest absolute Gasteiger partial charge is 0.461 e. The van der Waals surface area contributed by atoms with Crippen LogP contribution in [0.25, 0.3) is 0 Å². The molecule has 0 saturated carbocycles. The second kappa shape index (κ2) is 13.5. The number of amides is 2. The molecular weight excluding hydrogens is 506 g/mol. The number of carbonyl (C=O) groups excluding carboxylic acids is 3. The maximum Gasteiger partial charge on any atom is 0.311 e. The molecule has 0 aromatic heterocycles. The normalized spacial score (nSPS) is 30.3. The molecule has 212 valence electrons. The van der Waals surface area contributed by atoms with Crippen molar-refractivity contribution in [2.45, 2.75) is 54.6 Å². The molecule has 4 aliphatic rings. The van der Waals surface area contributed by atoms with Crippen LogP contribution in [0.4, 0.5) is 0 Å². The van der Waals surface area contributed by atoms with Crippen LogP contribution < -0.4 is 0 Å². The van der Waals surface area contributed by atoms with Crippen LogP contribution in [0, 0.1) is 11.8 Å². The summed E-state index contributed by atoms with van der Waals surface area (Å²) in [6.07, 6.45) is 8.06. The number of carbonyl (C=O) groups is 3. The Morgan fingerprint density at radius 2 is 1.92 bits per heavy atom. The number of nitrogens with zero attached hydrogens (tertiary/aromatic N) is 3. The van der Waals surface area contributed by atoms with Gasteiger partial charge in [-0.25, -0.2) is 0 Å². The minimum atomic E-state index is -0.611. The van der Waals surface area contributed by atoms with Crippen LogP contribution in [0.15, 0.2) is 25.3 Å². The Morgan fingerprint density at radius 3 is 2.63 bits per heavy atom. The molecule has 0 aromatic rings. The van der Waals surface area contributed by atoms with Gasteiger partial charge in [-0.05, 0) is 25.7 Å². The number of unbranched alkanes of at least 4 members (excludes halogenated alkanes) is 3. The van der Waals surface area contributed by atoms with Gasteiger partial charge in [-0.2, -0.15) is 0 Å². The Morgan fingerprint density at radius 1 is 1.16 bits per heavy atom. The summed E-state index contributed by atoms with van der Waals surface area (Å²) in [5.41, 5.74) is 0. The number of thioether (sulfide) groups is 1. The Bertz CT molecular complexity index is 881. The summed E-state index contributed by atoms with van der Waals surface area (Å²) < 4.78 is 10.3. The van der Waals surface area contributed by atoms with Crippen LogP contribution in [0.2, 0.25) is 0 Å². The topological polar surface area (TPSA) is 99.6 Å². The SMILES string of the molecule is C=CCOC(=O)[C@@H]1[C@@H]2CCC3(S2)C(C(=O)N(CC=C)CCN2CCOCC2)N(CCCCCCO)C(=O)[C@H]13. The van der Waals surface area contributed by atoms with Crippen LogP contribution in [0.1, 0.15) is 38.5 Å². The summed E-state index contributed by atoms with van der Waals surface area (Å²) in [6.45, 7) is 13.1. The summed E-state index contributed by atoms with van der Waals surface area (Å²) in [5.74, 6) is -1.56. The van der Waals surface area contributed by atoms with E-state index in [0.29, 0.717) is 32.8 Å². The highest BCUT2D eigenvalue weighted by molar-refractivity contribution is 8.02. The van der Waals surface area contributed by atoms with E-state index >= 15 is 0 Å². The van der Waals surface area contributed by atoms with Gasteiger partial charge < -0.3 is 24.4 Å². The zero-order chi connectivity index (χ0) is 27.1. The molecule has 4 saturated heterocycles. The molecule has 9 nitrogen and oxygen atoms in total. The predicted molar refractivity (Wildman–Crippen MR) is 147 cm³/mol. The molecule has 4 aliphatic heterocycles. The van der Waals surface area contributed by atoms with Gasteiger partial charge in [-0.15, -0.1) is 18.3 Å². The van der Waals surface area contributed by atoms with Gasteiger partial charge in [0, 0.05) is 51.1 Å². The summed E-state index contributed by atoms with van der Waals surface area (Å²) in [5, 5.41) is 9.12. The highest BCUT2D eigenvalue weighted by atomic mass is 32.2. The number of esters is 1. The van der Waals surface area contributed by atoms with E-state index in [4.69, 9.17) is 14.6 Å². The first-order valence-electron chi connectivity index (χ1n) is 14.0. The van der Waals surface area contributed by atoms with Crippen LogP contribution in [0.5, 0.6) is 0 Å². The van der Waals surface area contributed by atoms with Crippen molar-refractivity contribution in [3.8, 4) is 0 Å². The molecule has 4 fully saturated rings. The van der Waals surface area contributed by atoms with Crippen LogP contribution in [0.3, 0.4) is 0 Å². The fourth-order valence-corrected chi connectivity index (χ4v) is 8.83. The first-order valence-corrected chi connectivity index (χ1v) is 14.9. The van der Waals surface area contributed by atoms with Gasteiger partial charge in [-0.1, -0.05) is 31.6 Å². The molecule has 10 heteroatoms.